The summed E-state index contributed by atoms with van der Waals surface area (Å²) in [5.74, 6) is 0.178. The molecular formula is C13H20FNO. The van der Waals surface area contributed by atoms with Crippen molar-refractivity contribution in [3.63, 3.8) is 0 Å². The van der Waals surface area contributed by atoms with Gasteiger partial charge in [-0.25, -0.2) is 4.39 Å². The van der Waals surface area contributed by atoms with Crippen molar-refractivity contribution in [1.82, 2.24) is 0 Å². The van der Waals surface area contributed by atoms with Gasteiger partial charge in [0.25, 0.3) is 0 Å². The van der Waals surface area contributed by atoms with Crippen LogP contribution in [0.4, 0.5) is 4.39 Å². The SMILES string of the molecule is COCCC(C)C(N)Cc1cccc(F)c1. The second-order valence-corrected chi connectivity index (χ2v) is 4.26. The third-order valence-corrected chi connectivity index (χ3v) is 2.87. The van der Waals surface area contributed by atoms with E-state index in [1.807, 2.05) is 6.07 Å². The highest BCUT2D eigenvalue weighted by molar-refractivity contribution is 5.17. The molecule has 2 N–H and O–H groups in total. The van der Waals surface area contributed by atoms with Gasteiger partial charge >= 0.3 is 0 Å². The maximum absolute atomic E-state index is 13.0. The average molecular weight is 225 g/mol. The Morgan fingerprint density at radius 3 is 2.81 bits per heavy atom. The molecule has 1 aromatic carbocycles. The van der Waals surface area contributed by atoms with Gasteiger partial charge in [0.15, 0.2) is 0 Å². The molecule has 0 amide bonds. The van der Waals surface area contributed by atoms with Gasteiger partial charge in [0.05, 0.1) is 0 Å². The maximum atomic E-state index is 13.0. The third-order valence-electron chi connectivity index (χ3n) is 2.87. The van der Waals surface area contributed by atoms with Crippen molar-refractivity contribution in [2.24, 2.45) is 11.7 Å². The van der Waals surface area contributed by atoms with E-state index < -0.39 is 0 Å². The van der Waals surface area contributed by atoms with Crippen molar-refractivity contribution in [1.29, 1.82) is 0 Å². The molecule has 0 aromatic heterocycles. The molecule has 0 aliphatic rings. The summed E-state index contributed by atoms with van der Waals surface area (Å²) in [5.41, 5.74) is 7.02. The predicted molar refractivity (Wildman–Crippen MR) is 63.7 cm³/mol. The molecule has 2 nitrogen and oxygen atoms in total. The number of halogens is 1. The summed E-state index contributed by atoms with van der Waals surface area (Å²) in [5, 5.41) is 0. The Kier molecular flexibility index (Phi) is 5.43. The van der Waals surface area contributed by atoms with Crippen molar-refractivity contribution in [2.45, 2.75) is 25.8 Å². The van der Waals surface area contributed by atoms with Gasteiger partial charge in [-0.05, 0) is 36.5 Å². The van der Waals surface area contributed by atoms with E-state index in [1.54, 1.807) is 19.2 Å². The quantitative estimate of drug-likeness (QED) is 0.806. The lowest BCUT2D eigenvalue weighted by molar-refractivity contribution is 0.174. The van der Waals surface area contributed by atoms with E-state index in [4.69, 9.17) is 10.5 Å². The van der Waals surface area contributed by atoms with Crippen LogP contribution in [0.15, 0.2) is 24.3 Å². The minimum absolute atomic E-state index is 0.0527. The first-order valence-corrected chi connectivity index (χ1v) is 5.62. The smallest absolute Gasteiger partial charge is 0.123 e. The number of nitrogens with two attached hydrogens (primary N) is 1. The first-order valence-electron chi connectivity index (χ1n) is 5.62. The Balaban J connectivity index is 2.47. The molecular weight excluding hydrogens is 205 g/mol. The van der Waals surface area contributed by atoms with Crippen LogP contribution in [-0.2, 0) is 11.2 Å². The molecule has 3 heteroatoms. The van der Waals surface area contributed by atoms with Gasteiger partial charge < -0.3 is 10.5 Å². The predicted octanol–water partition coefficient (Wildman–Crippen LogP) is 2.37. The van der Waals surface area contributed by atoms with E-state index in [2.05, 4.69) is 6.92 Å². The lowest BCUT2D eigenvalue weighted by atomic mass is 9.93. The van der Waals surface area contributed by atoms with E-state index in [-0.39, 0.29) is 11.9 Å². The number of hydrogen-bond donors (Lipinski definition) is 1. The van der Waals surface area contributed by atoms with E-state index in [9.17, 15) is 4.39 Å². The van der Waals surface area contributed by atoms with Crippen LogP contribution >= 0.6 is 0 Å². The van der Waals surface area contributed by atoms with Crippen LogP contribution in [0.1, 0.15) is 18.9 Å². The molecule has 2 atom stereocenters. The van der Waals surface area contributed by atoms with Crippen molar-refractivity contribution in [3.8, 4) is 0 Å². The third kappa shape index (κ3) is 4.29. The van der Waals surface area contributed by atoms with E-state index >= 15 is 0 Å². The fourth-order valence-electron chi connectivity index (χ4n) is 1.66. The maximum Gasteiger partial charge on any atom is 0.123 e. The molecule has 0 aliphatic carbocycles. The Morgan fingerprint density at radius 1 is 1.44 bits per heavy atom. The molecule has 0 bridgehead atoms. The highest BCUT2D eigenvalue weighted by atomic mass is 19.1. The highest BCUT2D eigenvalue weighted by Crippen LogP contribution is 2.13. The molecule has 1 rings (SSSR count). The molecule has 0 saturated carbocycles. The number of benzene rings is 1. The van der Waals surface area contributed by atoms with E-state index in [1.165, 1.54) is 6.07 Å². The summed E-state index contributed by atoms with van der Waals surface area (Å²) in [6.07, 6.45) is 1.65. The van der Waals surface area contributed by atoms with Gasteiger partial charge in [0, 0.05) is 19.8 Å². The highest BCUT2D eigenvalue weighted by Gasteiger charge is 2.13. The van der Waals surface area contributed by atoms with Crippen molar-refractivity contribution in [3.05, 3.63) is 35.6 Å². The zero-order chi connectivity index (χ0) is 12.0. The van der Waals surface area contributed by atoms with Crippen molar-refractivity contribution in [2.75, 3.05) is 13.7 Å². The second-order valence-electron chi connectivity index (χ2n) is 4.26. The normalized spacial score (nSPS) is 14.8. The molecule has 0 fully saturated rings. The molecule has 1 aromatic rings. The Labute approximate surface area is 96.6 Å². The fraction of sp³-hybridized carbons (Fsp3) is 0.538. The Hall–Kier alpha value is -0.930. The average Bonchev–Trinajstić information content (AvgIpc) is 2.25. The minimum Gasteiger partial charge on any atom is -0.385 e. The summed E-state index contributed by atoms with van der Waals surface area (Å²) in [6.45, 7) is 2.82. The largest absolute Gasteiger partial charge is 0.385 e. The molecule has 0 heterocycles. The zero-order valence-corrected chi connectivity index (χ0v) is 9.95. The molecule has 0 spiro atoms. The first-order chi connectivity index (χ1) is 7.63. The number of hydrogen-bond acceptors (Lipinski definition) is 2. The topological polar surface area (TPSA) is 35.2 Å². The number of ether oxygens (including phenoxy) is 1. The van der Waals surface area contributed by atoms with Gasteiger partial charge in [0.1, 0.15) is 5.82 Å². The number of methoxy groups -OCH3 is 1. The van der Waals surface area contributed by atoms with Crippen LogP contribution in [0.25, 0.3) is 0 Å². The van der Waals surface area contributed by atoms with Crippen LogP contribution in [0.3, 0.4) is 0 Å². The lowest BCUT2D eigenvalue weighted by Gasteiger charge is -2.19. The summed E-state index contributed by atoms with van der Waals surface area (Å²) in [4.78, 5) is 0. The summed E-state index contributed by atoms with van der Waals surface area (Å²) in [6, 6.07) is 6.67. The van der Waals surface area contributed by atoms with E-state index in [0.717, 1.165) is 18.6 Å². The van der Waals surface area contributed by atoms with Gasteiger partial charge in [-0.3, -0.25) is 0 Å². The lowest BCUT2D eigenvalue weighted by Crippen LogP contribution is -2.31. The van der Waals surface area contributed by atoms with Crippen LogP contribution in [0.2, 0.25) is 0 Å². The van der Waals surface area contributed by atoms with Crippen molar-refractivity contribution < 1.29 is 9.13 Å². The second kappa shape index (κ2) is 6.61. The van der Waals surface area contributed by atoms with Gasteiger partial charge in [0.2, 0.25) is 0 Å². The van der Waals surface area contributed by atoms with Crippen LogP contribution in [0.5, 0.6) is 0 Å². The number of rotatable bonds is 6. The monoisotopic (exact) mass is 225 g/mol. The summed E-state index contributed by atoms with van der Waals surface area (Å²) < 4.78 is 18.0. The van der Waals surface area contributed by atoms with Gasteiger partial charge in [-0.1, -0.05) is 19.1 Å². The molecule has 16 heavy (non-hydrogen) atoms. The van der Waals surface area contributed by atoms with E-state index in [0.29, 0.717) is 12.3 Å². The first kappa shape index (κ1) is 13.1. The molecule has 0 aliphatic heterocycles. The van der Waals surface area contributed by atoms with Gasteiger partial charge in [-0.15, -0.1) is 0 Å². The molecule has 0 radical (unpaired) electrons. The molecule has 2 unspecified atom stereocenters. The van der Waals surface area contributed by atoms with Gasteiger partial charge in [-0.2, -0.15) is 0 Å². The van der Waals surface area contributed by atoms with Crippen LogP contribution in [-0.4, -0.2) is 19.8 Å². The van der Waals surface area contributed by atoms with Crippen LogP contribution < -0.4 is 5.73 Å². The molecule has 90 valence electrons. The summed E-state index contributed by atoms with van der Waals surface area (Å²) in [7, 11) is 1.69. The standard InChI is InChI=1S/C13H20FNO/c1-10(6-7-16-2)13(15)9-11-4-3-5-12(14)8-11/h3-5,8,10,13H,6-7,9,15H2,1-2H3. The zero-order valence-electron chi connectivity index (χ0n) is 9.95. The summed E-state index contributed by atoms with van der Waals surface area (Å²) >= 11 is 0. The fourth-order valence-corrected chi connectivity index (χ4v) is 1.66. The Bertz CT molecular complexity index is 317. The van der Waals surface area contributed by atoms with Crippen LogP contribution in [0, 0.1) is 11.7 Å². The minimum atomic E-state index is -0.200. The Morgan fingerprint density at radius 2 is 2.19 bits per heavy atom. The van der Waals surface area contributed by atoms with Crippen molar-refractivity contribution >= 4 is 0 Å². The molecule has 0 saturated heterocycles.